The first-order valence-electron chi connectivity index (χ1n) is 6.62. The molecule has 0 spiro atoms. The molecule has 0 radical (unpaired) electrons. The van der Waals surface area contributed by atoms with Crippen LogP contribution in [0.3, 0.4) is 0 Å². The lowest BCUT2D eigenvalue weighted by atomic mass is 10.1. The van der Waals surface area contributed by atoms with Crippen LogP contribution in [0.2, 0.25) is 0 Å². The summed E-state index contributed by atoms with van der Waals surface area (Å²) >= 11 is 3.69. The molecule has 0 fully saturated rings. The van der Waals surface area contributed by atoms with Crippen molar-refractivity contribution >= 4 is 22.7 Å². The Balaban J connectivity index is 2.02. The van der Waals surface area contributed by atoms with Gasteiger partial charge in [-0.1, -0.05) is 6.07 Å². The lowest BCUT2D eigenvalue weighted by Gasteiger charge is -2.30. The smallest absolute Gasteiger partial charge is 0.0588 e. The van der Waals surface area contributed by atoms with E-state index in [1.54, 1.807) is 0 Å². The Bertz CT molecular complexity index is 488. The van der Waals surface area contributed by atoms with Crippen LogP contribution in [-0.4, -0.2) is 24.5 Å². The molecule has 0 aliphatic heterocycles. The molecule has 2 N–H and O–H groups in total. The molecule has 19 heavy (non-hydrogen) atoms. The quantitative estimate of drug-likeness (QED) is 0.880. The van der Waals surface area contributed by atoms with Gasteiger partial charge in [0.2, 0.25) is 0 Å². The average Bonchev–Trinajstić information content (AvgIpc) is 2.98. The average molecular weight is 294 g/mol. The minimum Gasteiger partial charge on any atom is -0.326 e. The van der Waals surface area contributed by atoms with Gasteiger partial charge in [0.1, 0.15) is 0 Å². The fraction of sp³-hybridized carbons (Fsp3) is 0.467. The van der Waals surface area contributed by atoms with Crippen molar-refractivity contribution in [3.05, 3.63) is 44.3 Å². The SMILES string of the molecule is Cc1ccc(C(C(C)N)N(C)CCc2cccs2)s1. The molecule has 0 saturated heterocycles. The molecule has 2 rings (SSSR count). The van der Waals surface area contributed by atoms with Crippen LogP contribution < -0.4 is 5.73 Å². The highest BCUT2D eigenvalue weighted by Crippen LogP contribution is 2.29. The van der Waals surface area contributed by atoms with Gasteiger partial charge in [0.25, 0.3) is 0 Å². The predicted molar refractivity (Wildman–Crippen MR) is 86.1 cm³/mol. The predicted octanol–water partition coefficient (Wildman–Crippen LogP) is 3.68. The van der Waals surface area contributed by atoms with Crippen molar-refractivity contribution in [1.29, 1.82) is 0 Å². The van der Waals surface area contributed by atoms with Gasteiger partial charge in [0, 0.05) is 27.2 Å². The van der Waals surface area contributed by atoms with Crippen molar-refractivity contribution in [3.8, 4) is 0 Å². The summed E-state index contributed by atoms with van der Waals surface area (Å²) in [7, 11) is 2.18. The fourth-order valence-corrected chi connectivity index (χ4v) is 4.23. The molecule has 0 aliphatic rings. The Hall–Kier alpha value is -0.680. The van der Waals surface area contributed by atoms with Crippen LogP contribution in [0.1, 0.15) is 27.6 Å². The summed E-state index contributed by atoms with van der Waals surface area (Å²) in [6.45, 7) is 5.29. The minimum absolute atomic E-state index is 0.145. The van der Waals surface area contributed by atoms with E-state index in [1.165, 1.54) is 14.6 Å². The van der Waals surface area contributed by atoms with E-state index in [0.717, 1.165) is 13.0 Å². The van der Waals surface area contributed by atoms with Gasteiger partial charge >= 0.3 is 0 Å². The van der Waals surface area contributed by atoms with E-state index in [4.69, 9.17) is 5.73 Å². The molecular weight excluding hydrogens is 272 g/mol. The molecule has 2 heterocycles. The first-order valence-corrected chi connectivity index (χ1v) is 8.32. The number of nitrogens with two attached hydrogens (primary N) is 1. The Kier molecular flexibility index (Phi) is 5.16. The maximum absolute atomic E-state index is 6.20. The van der Waals surface area contributed by atoms with E-state index in [0.29, 0.717) is 6.04 Å². The Morgan fingerprint density at radius 2 is 2.11 bits per heavy atom. The van der Waals surface area contributed by atoms with Crippen LogP contribution in [-0.2, 0) is 6.42 Å². The second-order valence-corrected chi connectivity index (χ2v) is 7.41. The summed E-state index contributed by atoms with van der Waals surface area (Å²) < 4.78 is 0. The standard InChI is InChI=1S/C15H22N2S2/c1-11-6-7-14(19-11)15(12(2)16)17(3)9-8-13-5-4-10-18-13/h4-7,10,12,15H,8-9,16H2,1-3H3. The molecule has 0 saturated carbocycles. The maximum atomic E-state index is 6.20. The van der Waals surface area contributed by atoms with E-state index in [-0.39, 0.29) is 6.04 Å². The molecule has 0 amide bonds. The molecule has 0 bridgehead atoms. The zero-order chi connectivity index (χ0) is 13.8. The maximum Gasteiger partial charge on any atom is 0.0588 e. The van der Waals surface area contributed by atoms with Crippen LogP contribution in [0.25, 0.3) is 0 Å². The van der Waals surface area contributed by atoms with E-state index >= 15 is 0 Å². The first-order chi connectivity index (χ1) is 9.08. The van der Waals surface area contributed by atoms with Gasteiger partial charge in [-0.3, -0.25) is 4.90 Å². The minimum atomic E-state index is 0.145. The Morgan fingerprint density at radius 3 is 2.63 bits per heavy atom. The number of hydrogen-bond acceptors (Lipinski definition) is 4. The number of likely N-dealkylation sites (N-methyl/N-ethyl adjacent to an activating group) is 1. The summed E-state index contributed by atoms with van der Waals surface area (Å²) in [6.07, 6.45) is 1.10. The third kappa shape index (κ3) is 3.89. The van der Waals surface area contributed by atoms with Gasteiger partial charge in [-0.05, 0) is 50.9 Å². The molecule has 0 aromatic carbocycles. The van der Waals surface area contributed by atoms with Crippen LogP contribution in [0.15, 0.2) is 29.6 Å². The van der Waals surface area contributed by atoms with E-state index in [1.807, 2.05) is 22.7 Å². The highest BCUT2D eigenvalue weighted by atomic mass is 32.1. The van der Waals surface area contributed by atoms with Gasteiger partial charge in [0.15, 0.2) is 0 Å². The fourth-order valence-electron chi connectivity index (χ4n) is 2.37. The van der Waals surface area contributed by atoms with Crippen molar-refractivity contribution in [3.63, 3.8) is 0 Å². The van der Waals surface area contributed by atoms with E-state index in [2.05, 4.69) is 55.4 Å². The largest absolute Gasteiger partial charge is 0.326 e. The van der Waals surface area contributed by atoms with Gasteiger partial charge in [0.05, 0.1) is 6.04 Å². The summed E-state index contributed by atoms with van der Waals surface area (Å²) in [5, 5.41) is 2.14. The highest BCUT2D eigenvalue weighted by Gasteiger charge is 2.22. The molecule has 2 aromatic heterocycles. The summed E-state index contributed by atoms with van der Waals surface area (Å²) in [5.41, 5.74) is 6.20. The third-order valence-corrected chi connectivity index (χ3v) is 5.32. The number of aryl methyl sites for hydroxylation is 1. The monoisotopic (exact) mass is 294 g/mol. The van der Waals surface area contributed by atoms with E-state index in [9.17, 15) is 0 Å². The first kappa shape index (κ1) is 14.7. The van der Waals surface area contributed by atoms with Crippen LogP contribution in [0.5, 0.6) is 0 Å². The summed E-state index contributed by atoms with van der Waals surface area (Å²) in [6, 6.07) is 9.18. The second kappa shape index (κ2) is 6.66. The second-order valence-electron chi connectivity index (χ2n) is 5.06. The van der Waals surface area contributed by atoms with Crippen LogP contribution >= 0.6 is 22.7 Å². The molecule has 2 aromatic rings. The lowest BCUT2D eigenvalue weighted by molar-refractivity contribution is 0.225. The van der Waals surface area contributed by atoms with Crippen LogP contribution in [0, 0.1) is 6.92 Å². The summed E-state index contributed by atoms with van der Waals surface area (Å²) in [4.78, 5) is 6.56. The number of rotatable bonds is 6. The zero-order valence-electron chi connectivity index (χ0n) is 11.8. The van der Waals surface area contributed by atoms with Crippen molar-refractivity contribution in [2.24, 2.45) is 5.73 Å². The van der Waals surface area contributed by atoms with Gasteiger partial charge in [-0.25, -0.2) is 0 Å². The molecule has 2 unspecified atom stereocenters. The van der Waals surface area contributed by atoms with Crippen molar-refractivity contribution in [1.82, 2.24) is 4.90 Å². The Morgan fingerprint density at radius 1 is 1.32 bits per heavy atom. The van der Waals surface area contributed by atoms with E-state index < -0.39 is 0 Å². The normalized spacial score (nSPS) is 14.8. The highest BCUT2D eigenvalue weighted by molar-refractivity contribution is 7.12. The van der Waals surface area contributed by atoms with Crippen LogP contribution in [0.4, 0.5) is 0 Å². The molecule has 4 heteroatoms. The zero-order valence-corrected chi connectivity index (χ0v) is 13.4. The Labute approximate surface area is 123 Å². The molecule has 0 aliphatic carbocycles. The van der Waals surface area contributed by atoms with Crippen molar-refractivity contribution < 1.29 is 0 Å². The van der Waals surface area contributed by atoms with Crippen molar-refractivity contribution in [2.45, 2.75) is 32.4 Å². The summed E-state index contributed by atoms with van der Waals surface area (Å²) in [5.74, 6) is 0. The van der Waals surface area contributed by atoms with Gasteiger partial charge < -0.3 is 5.73 Å². The molecule has 104 valence electrons. The van der Waals surface area contributed by atoms with Crippen molar-refractivity contribution in [2.75, 3.05) is 13.6 Å². The molecular formula is C15H22N2S2. The van der Waals surface area contributed by atoms with Gasteiger partial charge in [-0.2, -0.15) is 0 Å². The molecule has 2 atom stereocenters. The number of hydrogen-bond donors (Lipinski definition) is 1. The lowest BCUT2D eigenvalue weighted by Crippen LogP contribution is -2.37. The number of thiophene rings is 2. The topological polar surface area (TPSA) is 29.3 Å². The molecule has 2 nitrogen and oxygen atoms in total. The number of nitrogens with zero attached hydrogens (tertiary/aromatic N) is 1. The van der Waals surface area contributed by atoms with Gasteiger partial charge in [-0.15, -0.1) is 22.7 Å². The third-order valence-electron chi connectivity index (χ3n) is 3.32.